The molecule has 2 nitrogen and oxygen atoms in total. The minimum Gasteiger partial charge on any atom is -0.392 e. The Bertz CT molecular complexity index is 432. The molecule has 114 valence electrons. The lowest BCUT2D eigenvalue weighted by Gasteiger charge is -2.16. The number of aliphatic hydroxyl groups is 1. The highest BCUT2D eigenvalue weighted by Gasteiger charge is 2.33. The lowest BCUT2D eigenvalue weighted by molar-refractivity contribution is -0.138. The average molecular weight is 293 g/mol. The highest BCUT2D eigenvalue weighted by Crippen LogP contribution is 2.32. The third-order valence-electron chi connectivity index (χ3n) is 2.82. The van der Waals surface area contributed by atoms with Crippen molar-refractivity contribution in [3.8, 4) is 0 Å². The van der Waals surface area contributed by atoms with Crippen molar-refractivity contribution in [1.29, 1.82) is 0 Å². The van der Waals surface area contributed by atoms with E-state index in [9.17, 15) is 22.7 Å². The van der Waals surface area contributed by atoms with Crippen LogP contribution >= 0.6 is 0 Å². The van der Waals surface area contributed by atoms with Crippen molar-refractivity contribution >= 4 is 0 Å². The first-order chi connectivity index (χ1) is 9.20. The van der Waals surface area contributed by atoms with E-state index in [1.165, 1.54) is 0 Å². The molecule has 1 aromatic carbocycles. The zero-order valence-electron chi connectivity index (χ0n) is 11.5. The maximum atomic E-state index is 12.9. The molecule has 0 aromatic heterocycles. The first kappa shape index (κ1) is 16.9. The third-order valence-corrected chi connectivity index (χ3v) is 2.82. The van der Waals surface area contributed by atoms with Crippen molar-refractivity contribution in [1.82, 2.24) is 5.32 Å². The maximum Gasteiger partial charge on any atom is 0.416 e. The molecule has 0 heterocycles. The SMILES string of the molecule is CC(C)CC(O)CNCc1ccc(F)cc1C(F)(F)F. The van der Waals surface area contributed by atoms with Crippen LogP contribution in [0.4, 0.5) is 17.6 Å². The Morgan fingerprint density at radius 3 is 2.45 bits per heavy atom. The summed E-state index contributed by atoms with van der Waals surface area (Å²) in [5.41, 5.74) is -1.01. The zero-order valence-corrected chi connectivity index (χ0v) is 11.5. The molecule has 6 heteroatoms. The summed E-state index contributed by atoms with van der Waals surface area (Å²) in [4.78, 5) is 0. The van der Waals surface area contributed by atoms with Gasteiger partial charge >= 0.3 is 6.18 Å². The topological polar surface area (TPSA) is 32.3 Å². The fraction of sp³-hybridized carbons (Fsp3) is 0.571. The number of aliphatic hydroxyl groups excluding tert-OH is 1. The number of nitrogens with one attached hydrogen (secondary N) is 1. The second-order valence-electron chi connectivity index (χ2n) is 5.21. The molecule has 2 N–H and O–H groups in total. The summed E-state index contributed by atoms with van der Waals surface area (Å²) in [5, 5.41) is 12.4. The van der Waals surface area contributed by atoms with Crippen molar-refractivity contribution in [2.24, 2.45) is 5.92 Å². The largest absolute Gasteiger partial charge is 0.416 e. The second kappa shape index (κ2) is 7.04. The van der Waals surface area contributed by atoms with E-state index in [2.05, 4.69) is 5.32 Å². The molecule has 0 aliphatic rings. The Morgan fingerprint density at radius 2 is 1.90 bits per heavy atom. The van der Waals surface area contributed by atoms with Gasteiger partial charge in [-0.15, -0.1) is 0 Å². The Hall–Kier alpha value is -1.14. The van der Waals surface area contributed by atoms with E-state index in [1.807, 2.05) is 13.8 Å². The Kier molecular flexibility index (Phi) is 5.95. The van der Waals surface area contributed by atoms with Crippen molar-refractivity contribution in [2.75, 3.05) is 6.54 Å². The van der Waals surface area contributed by atoms with Crippen LogP contribution in [0.5, 0.6) is 0 Å². The van der Waals surface area contributed by atoms with Crippen LogP contribution in [-0.2, 0) is 12.7 Å². The summed E-state index contributed by atoms with van der Waals surface area (Å²) >= 11 is 0. The summed E-state index contributed by atoms with van der Waals surface area (Å²) in [5.74, 6) is -0.607. The number of rotatable bonds is 6. The Morgan fingerprint density at radius 1 is 1.25 bits per heavy atom. The number of benzene rings is 1. The monoisotopic (exact) mass is 293 g/mol. The van der Waals surface area contributed by atoms with Crippen molar-refractivity contribution in [2.45, 2.75) is 39.1 Å². The molecule has 0 aliphatic heterocycles. The van der Waals surface area contributed by atoms with E-state index in [4.69, 9.17) is 0 Å². The van der Waals surface area contributed by atoms with Gasteiger partial charge in [-0.3, -0.25) is 0 Å². The molecular weight excluding hydrogens is 274 g/mol. The number of halogens is 4. The van der Waals surface area contributed by atoms with Gasteiger partial charge in [-0.2, -0.15) is 13.2 Å². The van der Waals surface area contributed by atoms with Gasteiger partial charge in [-0.05, 0) is 30.0 Å². The smallest absolute Gasteiger partial charge is 0.392 e. The first-order valence-corrected chi connectivity index (χ1v) is 6.44. The summed E-state index contributed by atoms with van der Waals surface area (Å²) in [6, 6.07) is 2.60. The van der Waals surface area contributed by atoms with E-state index in [0.29, 0.717) is 18.4 Å². The molecule has 0 saturated heterocycles. The number of hydrogen-bond acceptors (Lipinski definition) is 2. The molecule has 0 spiro atoms. The van der Waals surface area contributed by atoms with Gasteiger partial charge in [0.15, 0.2) is 0 Å². The first-order valence-electron chi connectivity index (χ1n) is 6.44. The number of alkyl halides is 3. The van der Waals surface area contributed by atoms with Gasteiger partial charge in [0.1, 0.15) is 5.82 Å². The quantitative estimate of drug-likeness (QED) is 0.788. The summed E-state index contributed by atoms with van der Waals surface area (Å²) in [6.07, 6.45) is -4.62. The van der Waals surface area contributed by atoms with Gasteiger partial charge < -0.3 is 10.4 Å². The van der Waals surface area contributed by atoms with E-state index >= 15 is 0 Å². The van der Waals surface area contributed by atoms with Crippen molar-refractivity contribution in [3.63, 3.8) is 0 Å². The summed E-state index contributed by atoms with van der Waals surface area (Å²) in [7, 11) is 0. The molecule has 0 radical (unpaired) electrons. The van der Waals surface area contributed by atoms with Gasteiger partial charge in [-0.1, -0.05) is 19.9 Å². The van der Waals surface area contributed by atoms with Crippen LogP contribution in [-0.4, -0.2) is 17.8 Å². The average Bonchev–Trinajstić information content (AvgIpc) is 2.28. The van der Waals surface area contributed by atoms with Crippen LogP contribution in [0.25, 0.3) is 0 Å². The summed E-state index contributed by atoms with van der Waals surface area (Å²) < 4.78 is 51.1. The highest BCUT2D eigenvalue weighted by molar-refractivity contribution is 5.30. The number of hydrogen-bond donors (Lipinski definition) is 2. The van der Waals surface area contributed by atoms with Crippen LogP contribution in [0.1, 0.15) is 31.4 Å². The minimum absolute atomic E-state index is 0.0318. The van der Waals surface area contributed by atoms with Gasteiger partial charge in [0.05, 0.1) is 11.7 Å². The molecule has 0 amide bonds. The van der Waals surface area contributed by atoms with Gasteiger partial charge in [0.2, 0.25) is 0 Å². The molecule has 1 atom stereocenters. The molecule has 1 unspecified atom stereocenters. The molecule has 1 aromatic rings. The van der Waals surface area contributed by atoms with E-state index in [-0.39, 0.29) is 18.7 Å². The van der Waals surface area contributed by atoms with Crippen LogP contribution in [0, 0.1) is 11.7 Å². The third kappa shape index (κ3) is 5.46. The van der Waals surface area contributed by atoms with Crippen LogP contribution < -0.4 is 5.32 Å². The predicted octanol–water partition coefficient (Wildman–Crippen LogP) is 3.34. The van der Waals surface area contributed by atoms with Gasteiger partial charge in [0, 0.05) is 13.1 Å². The molecule has 0 bridgehead atoms. The van der Waals surface area contributed by atoms with Crippen LogP contribution in [0.15, 0.2) is 18.2 Å². The van der Waals surface area contributed by atoms with Crippen molar-refractivity contribution in [3.05, 3.63) is 35.1 Å². The summed E-state index contributed by atoms with van der Waals surface area (Å²) in [6.45, 7) is 4.03. The maximum absolute atomic E-state index is 12.9. The fourth-order valence-corrected chi connectivity index (χ4v) is 1.97. The van der Waals surface area contributed by atoms with Crippen LogP contribution in [0.2, 0.25) is 0 Å². The van der Waals surface area contributed by atoms with Gasteiger partial charge in [0.25, 0.3) is 0 Å². The second-order valence-corrected chi connectivity index (χ2v) is 5.21. The predicted molar refractivity (Wildman–Crippen MR) is 68.6 cm³/mol. The minimum atomic E-state index is -4.59. The lowest BCUT2D eigenvalue weighted by atomic mass is 10.1. The molecule has 20 heavy (non-hydrogen) atoms. The van der Waals surface area contributed by atoms with Gasteiger partial charge in [-0.25, -0.2) is 4.39 Å². The highest BCUT2D eigenvalue weighted by atomic mass is 19.4. The molecule has 0 fully saturated rings. The molecular formula is C14H19F4NO. The Labute approximate surface area is 115 Å². The lowest BCUT2D eigenvalue weighted by Crippen LogP contribution is -2.28. The van der Waals surface area contributed by atoms with E-state index in [0.717, 1.165) is 12.1 Å². The standard InChI is InChI=1S/C14H19F4NO/c1-9(2)5-12(20)8-19-7-10-3-4-11(15)6-13(10)14(16,17)18/h3-4,6,9,12,19-20H,5,7-8H2,1-2H3. The normalized spacial score (nSPS) is 13.8. The molecule has 0 saturated carbocycles. The molecule has 1 rings (SSSR count). The fourth-order valence-electron chi connectivity index (χ4n) is 1.97. The van der Waals surface area contributed by atoms with E-state index < -0.39 is 23.7 Å². The van der Waals surface area contributed by atoms with Crippen molar-refractivity contribution < 1.29 is 22.7 Å². The Balaban J connectivity index is 2.64. The zero-order chi connectivity index (χ0) is 15.3. The molecule has 0 aliphatic carbocycles. The van der Waals surface area contributed by atoms with Crippen LogP contribution in [0.3, 0.4) is 0 Å². The van der Waals surface area contributed by atoms with E-state index in [1.54, 1.807) is 0 Å².